The summed E-state index contributed by atoms with van der Waals surface area (Å²) in [5.74, 6) is -0.0524. The van der Waals surface area contributed by atoms with Crippen LogP contribution in [-0.2, 0) is 28.9 Å². The van der Waals surface area contributed by atoms with Crippen molar-refractivity contribution in [2.45, 2.75) is 25.8 Å². The minimum absolute atomic E-state index is 0.0388. The largest absolute Gasteiger partial charge is 0.392 e. The first-order valence-corrected chi connectivity index (χ1v) is 8.72. The Morgan fingerprint density at radius 3 is 2.35 bits per heavy atom. The number of aliphatic hydroxyl groups is 1. The Bertz CT molecular complexity index is 660. The SMILES string of the molecule is Cc1ccsc1CNS(=O)(=O)Cc1ccc(CO)cc1. The van der Waals surface area contributed by atoms with Crippen LogP contribution in [-0.4, -0.2) is 13.5 Å². The Hall–Kier alpha value is -1.21. The van der Waals surface area contributed by atoms with E-state index < -0.39 is 10.0 Å². The molecule has 0 fully saturated rings. The molecule has 0 atom stereocenters. The average Bonchev–Trinajstić information content (AvgIpc) is 2.83. The molecule has 0 radical (unpaired) electrons. The summed E-state index contributed by atoms with van der Waals surface area (Å²) in [6.07, 6.45) is 0. The number of aliphatic hydroxyl groups excluding tert-OH is 1. The van der Waals surface area contributed by atoms with Crippen molar-refractivity contribution in [3.8, 4) is 0 Å². The van der Waals surface area contributed by atoms with Gasteiger partial charge in [0.2, 0.25) is 10.0 Å². The van der Waals surface area contributed by atoms with E-state index in [1.807, 2.05) is 18.4 Å². The second-order valence-corrected chi connectivity index (χ2v) is 7.39. The third-order valence-electron chi connectivity index (χ3n) is 2.98. The molecule has 4 nitrogen and oxygen atoms in total. The summed E-state index contributed by atoms with van der Waals surface area (Å²) in [6.45, 7) is 2.26. The molecule has 0 aliphatic carbocycles. The quantitative estimate of drug-likeness (QED) is 0.859. The van der Waals surface area contributed by atoms with E-state index in [1.54, 1.807) is 35.6 Å². The van der Waals surface area contributed by atoms with Gasteiger partial charge in [0, 0.05) is 11.4 Å². The van der Waals surface area contributed by atoms with E-state index in [1.165, 1.54) is 0 Å². The van der Waals surface area contributed by atoms with Crippen LogP contribution < -0.4 is 4.72 Å². The van der Waals surface area contributed by atoms with Gasteiger partial charge in [-0.2, -0.15) is 0 Å². The number of hydrogen-bond donors (Lipinski definition) is 2. The first-order chi connectivity index (χ1) is 9.50. The van der Waals surface area contributed by atoms with Crippen LogP contribution in [0, 0.1) is 6.92 Å². The monoisotopic (exact) mass is 311 g/mol. The Balaban J connectivity index is 1.98. The third-order valence-corrected chi connectivity index (χ3v) is 5.30. The number of thiophene rings is 1. The van der Waals surface area contributed by atoms with Gasteiger partial charge in [-0.15, -0.1) is 11.3 Å². The summed E-state index contributed by atoms with van der Waals surface area (Å²) >= 11 is 1.55. The third kappa shape index (κ3) is 4.14. The van der Waals surface area contributed by atoms with Gasteiger partial charge >= 0.3 is 0 Å². The zero-order valence-electron chi connectivity index (χ0n) is 11.2. The van der Waals surface area contributed by atoms with Crippen molar-refractivity contribution >= 4 is 21.4 Å². The van der Waals surface area contributed by atoms with E-state index in [2.05, 4.69) is 4.72 Å². The van der Waals surface area contributed by atoms with Gasteiger partial charge in [0.05, 0.1) is 12.4 Å². The first-order valence-electron chi connectivity index (χ1n) is 6.19. The molecule has 1 aromatic carbocycles. The number of nitrogens with one attached hydrogen (secondary N) is 1. The molecule has 0 saturated carbocycles. The van der Waals surface area contributed by atoms with Gasteiger partial charge < -0.3 is 5.11 Å². The van der Waals surface area contributed by atoms with Gasteiger partial charge in [-0.1, -0.05) is 24.3 Å². The van der Waals surface area contributed by atoms with Crippen LogP contribution in [0.2, 0.25) is 0 Å². The van der Waals surface area contributed by atoms with Crippen molar-refractivity contribution in [1.82, 2.24) is 4.72 Å². The van der Waals surface area contributed by atoms with Crippen LogP contribution in [0.15, 0.2) is 35.7 Å². The number of hydrogen-bond acceptors (Lipinski definition) is 4. The molecule has 2 N–H and O–H groups in total. The van der Waals surface area contributed by atoms with E-state index in [-0.39, 0.29) is 12.4 Å². The van der Waals surface area contributed by atoms with Crippen LogP contribution in [0.1, 0.15) is 21.6 Å². The van der Waals surface area contributed by atoms with Crippen molar-refractivity contribution in [2.24, 2.45) is 0 Å². The molecule has 1 aromatic heterocycles. The van der Waals surface area contributed by atoms with Crippen LogP contribution in [0.5, 0.6) is 0 Å². The van der Waals surface area contributed by atoms with Gasteiger partial charge in [0.1, 0.15) is 0 Å². The lowest BCUT2D eigenvalue weighted by atomic mass is 10.2. The number of rotatable bonds is 6. The maximum Gasteiger partial charge on any atom is 0.216 e. The molecule has 6 heteroatoms. The smallest absolute Gasteiger partial charge is 0.216 e. The molecular weight excluding hydrogens is 294 g/mol. The summed E-state index contributed by atoms with van der Waals surface area (Å²) in [4.78, 5) is 1.03. The fourth-order valence-corrected chi connectivity index (χ4v) is 3.81. The minimum Gasteiger partial charge on any atom is -0.392 e. The zero-order chi connectivity index (χ0) is 14.6. The second kappa shape index (κ2) is 6.49. The highest BCUT2D eigenvalue weighted by Crippen LogP contribution is 2.16. The standard InChI is InChI=1S/C14H17NO3S2/c1-11-6-7-19-14(11)8-15-20(17,18)10-13-4-2-12(9-16)3-5-13/h2-7,15-16H,8-10H2,1H3. The van der Waals surface area contributed by atoms with Crippen LogP contribution in [0.4, 0.5) is 0 Å². The Morgan fingerprint density at radius 2 is 1.80 bits per heavy atom. The molecule has 0 unspecified atom stereocenters. The molecule has 0 aliphatic rings. The number of sulfonamides is 1. The maximum absolute atomic E-state index is 12.0. The van der Waals surface area contributed by atoms with Gasteiger partial charge in [-0.05, 0) is 35.1 Å². The van der Waals surface area contributed by atoms with E-state index >= 15 is 0 Å². The van der Waals surface area contributed by atoms with Gasteiger partial charge in [-0.25, -0.2) is 13.1 Å². The Kier molecular flexibility index (Phi) is 4.93. The summed E-state index contributed by atoms with van der Waals surface area (Å²) in [5, 5.41) is 10.9. The fourth-order valence-electron chi connectivity index (χ4n) is 1.77. The topological polar surface area (TPSA) is 66.4 Å². The lowest BCUT2D eigenvalue weighted by Crippen LogP contribution is -2.24. The van der Waals surface area contributed by atoms with Crippen molar-refractivity contribution in [3.63, 3.8) is 0 Å². The molecule has 0 aliphatic heterocycles. The second-order valence-electron chi connectivity index (χ2n) is 4.58. The number of aryl methyl sites for hydroxylation is 1. The van der Waals surface area contributed by atoms with Gasteiger partial charge in [-0.3, -0.25) is 0 Å². The molecule has 2 aromatic rings. The predicted molar refractivity (Wildman–Crippen MR) is 80.9 cm³/mol. The van der Waals surface area contributed by atoms with Gasteiger partial charge in [0.25, 0.3) is 0 Å². The van der Waals surface area contributed by atoms with Crippen LogP contribution >= 0.6 is 11.3 Å². The summed E-state index contributed by atoms with van der Waals surface area (Å²) in [6, 6.07) is 8.88. The number of benzene rings is 1. The molecule has 108 valence electrons. The molecule has 20 heavy (non-hydrogen) atoms. The summed E-state index contributed by atoms with van der Waals surface area (Å²) < 4.78 is 26.6. The molecular formula is C14H17NO3S2. The van der Waals surface area contributed by atoms with E-state index in [9.17, 15) is 8.42 Å². The average molecular weight is 311 g/mol. The molecule has 0 spiro atoms. The molecule has 0 bridgehead atoms. The van der Waals surface area contributed by atoms with Crippen molar-refractivity contribution in [1.29, 1.82) is 0 Å². The molecule has 2 rings (SSSR count). The highest BCUT2D eigenvalue weighted by Gasteiger charge is 2.12. The van der Waals surface area contributed by atoms with Crippen LogP contribution in [0.3, 0.4) is 0 Å². The fraction of sp³-hybridized carbons (Fsp3) is 0.286. The lowest BCUT2D eigenvalue weighted by molar-refractivity contribution is 0.282. The van der Waals surface area contributed by atoms with Crippen molar-refractivity contribution < 1.29 is 13.5 Å². The Labute approximate surface area is 123 Å². The van der Waals surface area contributed by atoms with Crippen molar-refractivity contribution in [3.05, 3.63) is 57.3 Å². The molecule has 0 saturated heterocycles. The summed E-state index contributed by atoms with van der Waals surface area (Å²) in [5.41, 5.74) is 2.58. The summed E-state index contributed by atoms with van der Waals surface area (Å²) in [7, 11) is -3.35. The van der Waals surface area contributed by atoms with Crippen molar-refractivity contribution in [2.75, 3.05) is 0 Å². The zero-order valence-corrected chi connectivity index (χ0v) is 12.8. The van der Waals surface area contributed by atoms with E-state index in [4.69, 9.17) is 5.11 Å². The Morgan fingerprint density at radius 1 is 1.15 bits per heavy atom. The van der Waals surface area contributed by atoms with Gasteiger partial charge in [0.15, 0.2) is 0 Å². The highest BCUT2D eigenvalue weighted by atomic mass is 32.2. The van der Waals surface area contributed by atoms with E-state index in [0.717, 1.165) is 16.0 Å². The first kappa shape index (κ1) is 15.2. The minimum atomic E-state index is -3.35. The predicted octanol–water partition coefficient (Wildman–Crippen LogP) is 2.17. The maximum atomic E-state index is 12.0. The lowest BCUT2D eigenvalue weighted by Gasteiger charge is -2.07. The molecule has 1 heterocycles. The van der Waals surface area contributed by atoms with E-state index in [0.29, 0.717) is 12.1 Å². The highest BCUT2D eigenvalue weighted by molar-refractivity contribution is 7.88. The normalized spacial score (nSPS) is 11.7. The van der Waals surface area contributed by atoms with Crippen LogP contribution in [0.25, 0.3) is 0 Å². The molecule has 0 amide bonds.